The minimum atomic E-state index is 0.0246. The third kappa shape index (κ3) is 10.2. The van der Waals surface area contributed by atoms with Crippen molar-refractivity contribution in [2.24, 2.45) is 5.92 Å². The Morgan fingerprint density at radius 2 is 1.60 bits per heavy atom. The van der Waals surface area contributed by atoms with Crippen LogP contribution in [0, 0.1) is 5.92 Å². The van der Waals surface area contributed by atoms with E-state index in [1.165, 1.54) is 38.5 Å². The molecular formula is C14H30O. The monoisotopic (exact) mass is 214 g/mol. The van der Waals surface area contributed by atoms with Crippen LogP contribution >= 0.6 is 0 Å². The summed E-state index contributed by atoms with van der Waals surface area (Å²) in [5, 5.41) is 0. The molecule has 0 saturated carbocycles. The Labute approximate surface area is 96.6 Å². The predicted octanol–water partition coefficient (Wildman–Crippen LogP) is 4.80. The van der Waals surface area contributed by atoms with E-state index in [1.54, 1.807) is 0 Å². The lowest BCUT2D eigenvalue weighted by Gasteiger charge is -2.24. The second-order valence-corrected chi connectivity index (χ2v) is 5.57. The van der Waals surface area contributed by atoms with Crippen molar-refractivity contribution in [3.63, 3.8) is 0 Å². The van der Waals surface area contributed by atoms with Gasteiger partial charge in [-0.25, -0.2) is 0 Å². The van der Waals surface area contributed by atoms with E-state index in [4.69, 9.17) is 4.74 Å². The molecule has 0 fully saturated rings. The van der Waals surface area contributed by atoms with Gasteiger partial charge in [-0.15, -0.1) is 0 Å². The van der Waals surface area contributed by atoms with Gasteiger partial charge in [-0.1, -0.05) is 39.5 Å². The molecule has 0 aromatic heterocycles. The Bertz CT molecular complexity index is 135. The van der Waals surface area contributed by atoms with Gasteiger partial charge < -0.3 is 4.74 Å². The molecule has 0 aliphatic rings. The van der Waals surface area contributed by atoms with Crippen molar-refractivity contribution in [3.05, 3.63) is 0 Å². The standard InChI is InChI=1S/C14H30O/c1-6-8-9-11-13(10-7-2)12-15-14(3,4)5/h13H,6-12H2,1-5H3. The molecule has 0 aliphatic heterocycles. The van der Waals surface area contributed by atoms with Crippen LogP contribution in [0.15, 0.2) is 0 Å². The van der Waals surface area contributed by atoms with Gasteiger partial charge in [-0.2, -0.15) is 0 Å². The number of hydrogen-bond acceptors (Lipinski definition) is 1. The Morgan fingerprint density at radius 3 is 2.07 bits per heavy atom. The average molecular weight is 214 g/mol. The van der Waals surface area contributed by atoms with Crippen LogP contribution in [-0.4, -0.2) is 12.2 Å². The summed E-state index contributed by atoms with van der Waals surface area (Å²) < 4.78 is 5.87. The summed E-state index contributed by atoms with van der Waals surface area (Å²) in [6.07, 6.45) is 8.01. The van der Waals surface area contributed by atoms with Crippen LogP contribution in [0.5, 0.6) is 0 Å². The van der Waals surface area contributed by atoms with Gasteiger partial charge in [0.25, 0.3) is 0 Å². The molecule has 92 valence electrons. The molecule has 0 aromatic carbocycles. The fourth-order valence-corrected chi connectivity index (χ4v) is 1.77. The molecular weight excluding hydrogens is 184 g/mol. The van der Waals surface area contributed by atoms with Crippen LogP contribution in [0.25, 0.3) is 0 Å². The normalized spacial score (nSPS) is 14.2. The first kappa shape index (κ1) is 15.0. The highest BCUT2D eigenvalue weighted by Gasteiger charge is 2.14. The zero-order valence-electron chi connectivity index (χ0n) is 11.4. The predicted molar refractivity (Wildman–Crippen MR) is 68.2 cm³/mol. The average Bonchev–Trinajstić information content (AvgIpc) is 2.13. The summed E-state index contributed by atoms with van der Waals surface area (Å²) in [6, 6.07) is 0. The minimum absolute atomic E-state index is 0.0246. The van der Waals surface area contributed by atoms with Gasteiger partial charge in [0.15, 0.2) is 0 Å². The summed E-state index contributed by atoms with van der Waals surface area (Å²) in [6.45, 7) is 11.9. The molecule has 0 saturated heterocycles. The maximum absolute atomic E-state index is 5.87. The van der Waals surface area contributed by atoms with E-state index in [-0.39, 0.29) is 5.60 Å². The van der Waals surface area contributed by atoms with Crippen molar-refractivity contribution in [1.82, 2.24) is 0 Å². The van der Waals surface area contributed by atoms with Gasteiger partial charge in [0, 0.05) is 0 Å². The van der Waals surface area contributed by atoms with Gasteiger partial charge in [0.2, 0.25) is 0 Å². The van der Waals surface area contributed by atoms with Crippen LogP contribution in [0.3, 0.4) is 0 Å². The van der Waals surface area contributed by atoms with Gasteiger partial charge in [-0.05, 0) is 39.5 Å². The lowest BCUT2D eigenvalue weighted by atomic mass is 9.97. The topological polar surface area (TPSA) is 9.23 Å². The second kappa shape index (κ2) is 8.15. The van der Waals surface area contributed by atoms with Crippen LogP contribution in [0.4, 0.5) is 0 Å². The molecule has 0 aromatic rings. The first-order valence-corrected chi connectivity index (χ1v) is 6.63. The molecule has 0 bridgehead atoms. The van der Waals surface area contributed by atoms with E-state index < -0.39 is 0 Å². The first-order valence-electron chi connectivity index (χ1n) is 6.63. The zero-order valence-corrected chi connectivity index (χ0v) is 11.4. The maximum atomic E-state index is 5.87. The van der Waals surface area contributed by atoms with Crippen molar-refractivity contribution in [3.8, 4) is 0 Å². The van der Waals surface area contributed by atoms with E-state index in [2.05, 4.69) is 34.6 Å². The molecule has 0 radical (unpaired) electrons. The number of unbranched alkanes of at least 4 members (excludes halogenated alkanes) is 2. The molecule has 1 unspecified atom stereocenters. The molecule has 1 heteroatoms. The Hall–Kier alpha value is -0.0400. The van der Waals surface area contributed by atoms with Gasteiger partial charge in [0.1, 0.15) is 0 Å². The largest absolute Gasteiger partial charge is 0.376 e. The molecule has 0 N–H and O–H groups in total. The highest BCUT2D eigenvalue weighted by atomic mass is 16.5. The van der Waals surface area contributed by atoms with Crippen molar-refractivity contribution in [2.45, 2.75) is 78.7 Å². The van der Waals surface area contributed by atoms with Gasteiger partial charge in [-0.3, -0.25) is 0 Å². The third-order valence-electron chi connectivity index (χ3n) is 2.66. The van der Waals surface area contributed by atoms with Crippen LogP contribution in [0.2, 0.25) is 0 Å². The molecule has 0 amide bonds. The Morgan fingerprint density at radius 1 is 0.933 bits per heavy atom. The summed E-state index contributed by atoms with van der Waals surface area (Å²) in [7, 11) is 0. The lowest BCUT2D eigenvalue weighted by molar-refractivity contribution is -0.0252. The molecule has 1 nitrogen and oxygen atoms in total. The van der Waals surface area contributed by atoms with E-state index in [0.717, 1.165) is 12.5 Å². The molecule has 0 spiro atoms. The van der Waals surface area contributed by atoms with Gasteiger partial charge in [0.05, 0.1) is 12.2 Å². The number of hydrogen-bond donors (Lipinski definition) is 0. The van der Waals surface area contributed by atoms with E-state index in [0.29, 0.717) is 0 Å². The van der Waals surface area contributed by atoms with Crippen molar-refractivity contribution in [1.29, 1.82) is 0 Å². The number of ether oxygens (including phenoxy) is 1. The Kier molecular flexibility index (Phi) is 8.13. The Balaban J connectivity index is 3.72. The molecule has 1 atom stereocenters. The highest BCUT2D eigenvalue weighted by molar-refractivity contribution is 4.63. The van der Waals surface area contributed by atoms with Crippen LogP contribution in [0.1, 0.15) is 73.1 Å². The third-order valence-corrected chi connectivity index (χ3v) is 2.66. The fraction of sp³-hybridized carbons (Fsp3) is 1.00. The van der Waals surface area contributed by atoms with Crippen molar-refractivity contribution >= 4 is 0 Å². The summed E-state index contributed by atoms with van der Waals surface area (Å²) in [5.41, 5.74) is 0.0246. The second-order valence-electron chi connectivity index (χ2n) is 5.57. The summed E-state index contributed by atoms with van der Waals surface area (Å²) >= 11 is 0. The molecule has 15 heavy (non-hydrogen) atoms. The van der Waals surface area contributed by atoms with Crippen molar-refractivity contribution in [2.75, 3.05) is 6.61 Å². The molecule has 0 heterocycles. The SMILES string of the molecule is CCCCCC(CCC)COC(C)(C)C. The van der Waals surface area contributed by atoms with Crippen LogP contribution < -0.4 is 0 Å². The van der Waals surface area contributed by atoms with E-state index >= 15 is 0 Å². The van der Waals surface area contributed by atoms with Crippen molar-refractivity contribution < 1.29 is 4.74 Å². The summed E-state index contributed by atoms with van der Waals surface area (Å²) in [5.74, 6) is 0.778. The maximum Gasteiger partial charge on any atom is 0.0598 e. The number of rotatable bonds is 8. The quantitative estimate of drug-likeness (QED) is 0.527. The fourth-order valence-electron chi connectivity index (χ4n) is 1.77. The minimum Gasteiger partial charge on any atom is -0.376 e. The summed E-state index contributed by atoms with van der Waals surface area (Å²) in [4.78, 5) is 0. The molecule has 0 aliphatic carbocycles. The van der Waals surface area contributed by atoms with E-state index in [1.807, 2.05) is 0 Å². The first-order chi connectivity index (χ1) is 6.99. The highest BCUT2D eigenvalue weighted by Crippen LogP contribution is 2.19. The lowest BCUT2D eigenvalue weighted by Crippen LogP contribution is -2.23. The molecule has 0 rings (SSSR count). The smallest absolute Gasteiger partial charge is 0.0598 e. The van der Waals surface area contributed by atoms with E-state index in [9.17, 15) is 0 Å². The van der Waals surface area contributed by atoms with Gasteiger partial charge >= 0.3 is 0 Å². The van der Waals surface area contributed by atoms with Crippen LogP contribution in [-0.2, 0) is 4.74 Å². The zero-order chi connectivity index (χ0) is 11.7.